The van der Waals surface area contributed by atoms with Crippen LogP contribution < -0.4 is 9.80 Å². The van der Waals surface area contributed by atoms with Crippen LogP contribution in [0.2, 0.25) is 0 Å². The largest absolute Gasteiger partial charge is 0.454 e. The fourth-order valence-corrected chi connectivity index (χ4v) is 9.97. The van der Waals surface area contributed by atoms with E-state index in [9.17, 15) is 0 Å². The summed E-state index contributed by atoms with van der Waals surface area (Å²) in [6.45, 7) is 11.3. The highest BCUT2D eigenvalue weighted by Gasteiger charge is 2.28. The molecule has 0 unspecified atom stereocenters. The van der Waals surface area contributed by atoms with Gasteiger partial charge in [0.25, 0.3) is 0 Å². The van der Waals surface area contributed by atoms with E-state index in [0.717, 1.165) is 99.9 Å². The van der Waals surface area contributed by atoms with Gasteiger partial charge in [0.15, 0.2) is 11.2 Å². The molecule has 0 fully saturated rings. The van der Waals surface area contributed by atoms with E-state index < -0.39 is 0 Å². The molecule has 0 atom stereocenters. The quantitative estimate of drug-likeness (QED) is 0.143. The second kappa shape index (κ2) is 13.9. The van der Waals surface area contributed by atoms with Gasteiger partial charge in [0, 0.05) is 49.1 Å². The van der Waals surface area contributed by atoms with Crippen LogP contribution in [0, 0.1) is 0 Å². The number of nitrogens with zero attached hydrogens (tertiary/aromatic N) is 2. The summed E-state index contributed by atoms with van der Waals surface area (Å²) < 4.78 is 13.5. The summed E-state index contributed by atoms with van der Waals surface area (Å²) >= 11 is 0. The van der Waals surface area contributed by atoms with E-state index in [1.165, 1.54) is 27.1 Å². The summed E-state index contributed by atoms with van der Waals surface area (Å²) in [7, 11) is 0. The summed E-state index contributed by atoms with van der Waals surface area (Å²) in [6, 6.07) is 65.1. The van der Waals surface area contributed by atoms with Crippen molar-refractivity contribution in [3.63, 3.8) is 0 Å². The van der Waals surface area contributed by atoms with Crippen LogP contribution in [0.25, 0.3) is 81.8 Å². The van der Waals surface area contributed by atoms with E-state index in [0.29, 0.717) is 0 Å². The fourth-order valence-electron chi connectivity index (χ4n) is 9.97. The van der Waals surface area contributed by atoms with Crippen LogP contribution in [-0.2, 0) is 0 Å². The van der Waals surface area contributed by atoms with Gasteiger partial charge in [0.05, 0.1) is 22.7 Å². The Bertz CT molecular complexity index is 3710. The first-order valence-electron chi connectivity index (χ1n) is 21.4. The average molecular weight is 799 g/mol. The van der Waals surface area contributed by atoms with Crippen molar-refractivity contribution >= 4 is 116 Å². The van der Waals surface area contributed by atoms with Gasteiger partial charge in [0.1, 0.15) is 11.2 Å². The van der Waals surface area contributed by atoms with E-state index in [1.807, 2.05) is 12.1 Å². The Labute approximate surface area is 359 Å². The molecule has 0 saturated heterocycles. The molecule has 0 aliphatic carbocycles. The van der Waals surface area contributed by atoms with Crippen molar-refractivity contribution in [1.82, 2.24) is 0 Å². The van der Waals surface area contributed by atoms with Crippen LogP contribution in [0.15, 0.2) is 197 Å². The smallest absolute Gasteiger partial charge is 0.159 e. The van der Waals surface area contributed by atoms with Crippen LogP contribution in [0.3, 0.4) is 0 Å². The van der Waals surface area contributed by atoms with Crippen molar-refractivity contribution in [2.24, 2.45) is 0 Å². The Balaban J connectivity index is 1.21. The topological polar surface area (TPSA) is 32.8 Å². The predicted molar refractivity (Wildman–Crippen MR) is 263 cm³/mol. The normalized spacial score (nSPS) is 12.0. The number of fused-ring (bicyclic) bond motifs is 6. The van der Waals surface area contributed by atoms with E-state index in [4.69, 9.17) is 8.83 Å². The van der Waals surface area contributed by atoms with Gasteiger partial charge in [-0.25, -0.2) is 0 Å². The molecule has 0 amide bonds. The summed E-state index contributed by atoms with van der Waals surface area (Å²) in [6.07, 6.45) is 0. The maximum atomic E-state index is 6.76. The molecule has 0 bridgehead atoms. The lowest BCUT2D eigenvalue weighted by molar-refractivity contribution is 0.669. The molecule has 0 spiro atoms. The zero-order valence-electron chi connectivity index (χ0n) is 34.8. The van der Waals surface area contributed by atoms with Gasteiger partial charge in [-0.1, -0.05) is 147 Å². The molecule has 4 heteroatoms. The fraction of sp³-hybridized carbons (Fsp3) is 0.0690. The molecule has 0 aliphatic rings. The van der Waals surface area contributed by atoms with E-state index in [-0.39, 0.29) is 5.92 Å². The lowest BCUT2D eigenvalue weighted by atomic mass is 9.84. The van der Waals surface area contributed by atoms with E-state index in [1.54, 1.807) is 0 Å². The molecule has 0 radical (unpaired) electrons. The van der Waals surface area contributed by atoms with Gasteiger partial charge in [-0.15, -0.1) is 0 Å². The first-order chi connectivity index (χ1) is 30.4. The maximum absolute atomic E-state index is 6.76. The first-order valence-corrected chi connectivity index (χ1v) is 21.4. The number of allylic oxidation sites excluding steroid dienone is 1. The number of furan rings is 2. The third-order valence-electron chi connectivity index (χ3n) is 12.7. The van der Waals surface area contributed by atoms with Crippen LogP contribution in [-0.4, -0.2) is 0 Å². The van der Waals surface area contributed by atoms with Crippen LogP contribution >= 0.6 is 0 Å². The maximum Gasteiger partial charge on any atom is 0.159 e. The van der Waals surface area contributed by atoms with Crippen molar-refractivity contribution < 1.29 is 8.83 Å². The van der Waals surface area contributed by atoms with E-state index >= 15 is 0 Å². The first kappa shape index (κ1) is 36.1. The van der Waals surface area contributed by atoms with Gasteiger partial charge in [0.2, 0.25) is 0 Å². The number of rotatable bonds is 8. The molecule has 0 aliphatic heterocycles. The molecule has 296 valence electrons. The molecule has 0 saturated carbocycles. The number of para-hydroxylation sites is 6. The van der Waals surface area contributed by atoms with Crippen LogP contribution in [0.5, 0.6) is 0 Å². The molecule has 2 heterocycles. The summed E-state index contributed by atoms with van der Waals surface area (Å²) in [5.74, 6) is 0.240. The Kier molecular flexibility index (Phi) is 8.07. The number of benzene rings is 10. The summed E-state index contributed by atoms with van der Waals surface area (Å²) in [4.78, 5) is 4.79. The molecular weight excluding hydrogens is 757 g/mol. The Hall–Kier alpha value is -7.82. The highest BCUT2D eigenvalue weighted by molar-refractivity contribution is 6.30. The minimum atomic E-state index is 0.240. The van der Waals surface area contributed by atoms with Gasteiger partial charge in [-0.2, -0.15) is 0 Å². The molecular formula is C58H42N2O2. The van der Waals surface area contributed by atoms with Gasteiger partial charge < -0.3 is 18.6 Å². The van der Waals surface area contributed by atoms with Crippen LogP contribution in [0.1, 0.15) is 37.8 Å². The standard InChI is InChI=1S/C58H42N2O2/c1-35(2)47-33-51(59(37-17-7-5-8-18-37)49-25-15-23-43-39-21-11-13-27-53(39)61-57(43)49)45-32-30-42-48(36(3)4)34-52(46-31-29-41(47)55(45)56(42)46)60(38-19-9-6-10-20-38)50-26-16-24-44-40-22-12-14-28-54(40)62-58(44)50/h5-34,36H,1H2,2-4H3. The monoisotopic (exact) mass is 798 g/mol. The van der Waals surface area contributed by atoms with Gasteiger partial charge in [-0.3, -0.25) is 0 Å². The second-order valence-electron chi connectivity index (χ2n) is 16.8. The van der Waals surface area contributed by atoms with Gasteiger partial charge in [-0.05, 0) is 101 Å². The molecule has 10 aromatic carbocycles. The predicted octanol–water partition coefficient (Wildman–Crippen LogP) is 17.5. The SMILES string of the molecule is C=C(C)c1cc(N(c2ccccc2)c2cccc3c2oc2ccccc23)c2ccc3c(C(C)C)cc(N(c4ccccc4)c4cccc5c4oc4ccccc45)c4ccc1c2c34. The van der Waals surface area contributed by atoms with E-state index in [2.05, 4.69) is 207 Å². The highest BCUT2D eigenvalue weighted by atomic mass is 16.3. The van der Waals surface area contributed by atoms with Crippen molar-refractivity contribution in [2.75, 3.05) is 9.80 Å². The van der Waals surface area contributed by atoms with Crippen LogP contribution in [0.4, 0.5) is 34.1 Å². The molecule has 12 rings (SSSR count). The third-order valence-corrected chi connectivity index (χ3v) is 12.7. The average Bonchev–Trinajstić information content (AvgIpc) is 3.89. The van der Waals surface area contributed by atoms with Crippen molar-refractivity contribution in [2.45, 2.75) is 26.7 Å². The zero-order valence-corrected chi connectivity index (χ0v) is 34.8. The Morgan fingerprint density at radius 3 is 1.37 bits per heavy atom. The highest BCUT2D eigenvalue weighted by Crippen LogP contribution is 2.52. The number of hydrogen-bond acceptors (Lipinski definition) is 4. The van der Waals surface area contributed by atoms with Crippen molar-refractivity contribution in [3.05, 3.63) is 200 Å². The lowest BCUT2D eigenvalue weighted by Gasteiger charge is -2.31. The molecule has 12 aromatic rings. The minimum absolute atomic E-state index is 0.240. The van der Waals surface area contributed by atoms with Gasteiger partial charge >= 0.3 is 0 Å². The number of anilines is 6. The molecule has 2 aromatic heterocycles. The van der Waals surface area contributed by atoms with Crippen molar-refractivity contribution in [3.8, 4) is 0 Å². The Morgan fingerprint density at radius 2 is 0.855 bits per heavy atom. The number of hydrogen-bond donors (Lipinski definition) is 0. The summed E-state index contributed by atoms with van der Waals surface area (Å²) in [5, 5.41) is 11.6. The van der Waals surface area contributed by atoms with Crippen molar-refractivity contribution in [1.29, 1.82) is 0 Å². The minimum Gasteiger partial charge on any atom is -0.454 e. The Morgan fingerprint density at radius 1 is 0.419 bits per heavy atom. The molecule has 62 heavy (non-hydrogen) atoms. The molecule has 0 N–H and O–H groups in total. The second-order valence-corrected chi connectivity index (χ2v) is 16.8. The summed E-state index contributed by atoms with van der Waals surface area (Å²) in [5.41, 5.74) is 13.1. The lowest BCUT2D eigenvalue weighted by Crippen LogP contribution is -2.13. The third kappa shape index (κ3) is 5.33. The zero-order chi connectivity index (χ0) is 41.6. The molecule has 4 nitrogen and oxygen atoms in total.